The van der Waals surface area contributed by atoms with Crippen LogP contribution in [-0.2, 0) is 14.9 Å². The van der Waals surface area contributed by atoms with Gasteiger partial charge in [0, 0.05) is 15.8 Å². The van der Waals surface area contributed by atoms with Crippen molar-refractivity contribution in [1.82, 2.24) is 9.78 Å². The Bertz CT molecular complexity index is 1570. The summed E-state index contributed by atoms with van der Waals surface area (Å²) < 4.78 is 11.9. The highest BCUT2D eigenvalue weighted by Gasteiger charge is 2.43. The molecule has 5 rings (SSSR count). The van der Waals surface area contributed by atoms with E-state index in [1.54, 1.807) is 48.7 Å². The Morgan fingerprint density at radius 1 is 1.05 bits per heavy atom. The number of amides is 1. The Labute approximate surface area is 234 Å². The van der Waals surface area contributed by atoms with Crippen LogP contribution in [0.5, 0.6) is 5.75 Å². The average molecular weight is 566 g/mol. The number of esters is 1. The van der Waals surface area contributed by atoms with Crippen LogP contribution >= 0.6 is 22.9 Å². The number of thiophene rings is 1. The molecule has 2 heterocycles. The van der Waals surface area contributed by atoms with Gasteiger partial charge in [-0.05, 0) is 68.7 Å². The number of nitrogens with one attached hydrogen (secondary N) is 1. The second-order valence-electron chi connectivity index (χ2n) is 9.32. The molecule has 0 unspecified atom stereocenters. The maximum absolute atomic E-state index is 13.9. The normalized spacial score (nSPS) is 14.3. The maximum atomic E-state index is 13.9. The lowest BCUT2D eigenvalue weighted by atomic mass is 9.78. The SMILES string of the molecule is CCOC(=O)c1nn(-c2ccc(OCC)cc2)c(=O)c2c(NC(=O)C3(c4ccc(Cl)cc4)CCCC3)scc12. The van der Waals surface area contributed by atoms with E-state index in [-0.39, 0.29) is 23.6 Å². The number of hydrogen-bond donors (Lipinski definition) is 1. The van der Waals surface area contributed by atoms with Gasteiger partial charge in [0.15, 0.2) is 5.69 Å². The average Bonchev–Trinajstić information content (AvgIpc) is 3.59. The van der Waals surface area contributed by atoms with Crippen molar-refractivity contribution in [3.8, 4) is 11.4 Å². The Kier molecular flexibility index (Phi) is 7.72. The number of fused-ring (bicyclic) bond motifs is 1. The van der Waals surface area contributed by atoms with Gasteiger partial charge in [0.2, 0.25) is 5.91 Å². The van der Waals surface area contributed by atoms with Crippen LogP contribution < -0.4 is 15.6 Å². The third-order valence-corrected chi connectivity index (χ3v) is 8.18. The van der Waals surface area contributed by atoms with Crippen LogP contribution in [0.3, 0.4) is 0 Å². The molecule has 2 aromatic heterocycles. The van der Waals surface area contributed by atoms with E-state index >= 15 is 0 Å². The summed E-state index contributed by atoms with van der Waals surface area (Å²) in [4.78, 5) is 40.6. The highest BCUT2D eigenvalue weighted by molar-refractivity contribution is 7.16. The van der Waals surface area contributed by atoms with Gasteiger partial charge in [-0.2, -0.15) is 9.78 Å². The van der Waals surface area contributed by atoms with Crippen molar-refractivity contribution in [3.05, 3.63) is 80.5 Å². The number of carbonyl (C=O) groups excluding carboxylic acids is 2. The maximum Gasteiger partial charge on any atom is 0.359 e. The Morgan fingerprint density at radius 2 is 1.74 bits per heavy atom. The Hall–Kier alpha value is -3.69. The van der Waals surface area contributed by atoms with E-state index in [2.05, 4.69) is 10.4 Å². The molecule has 0 spiro atoms. The molecule has 10 heteroatoms. The van der Waals surface area contributed by atoms with E-state index in [4.69, 9.17) is 21.1 Å². The molecule has 1 amide bonds. The number of anilines is 1. The van der Waals surface area contributed by atoms with Crippen LogP contribution in [0, 0.1) is 0 Å². The number of halogens is 1. The van der Waals surface area contributed by atoms with Crippen molar-refractivity contribution in [2.24, 2.45) is 0 Å². The first-order chi connectivity index (χ1) is 18.9. The molecule has 202 valence electrons. The monoisotopic (exact) mass is 565 g/mol. The largest absolute Gasteiger partial charge is 0.494 e. The van der Waals surface area contributed by atoms with Gasteiger partial charge in [-0.15, -0.1) is 11.3 Å². The predicted molar refractivity (Wildman–Crippen MR) is 153 cm³/mol. The molecule has 8 nitrogen and oxygen atoms in total. The summed E-state index contributed by atoms with van der Waals surface area (Å²) in [5, 5.41) is 10.6. The molecule has 1 aliphatic rings. The topological polar surface area (TPSA) is 99.5 Å². The molecule has 0 saturated heterocycles. The van der Waals surface area contributed by atoms with Crippen molar-refractivity contribution in [2.75, 3.05) is 18.5 Å². The van der Waals surface area contributed by atoms with Crippen LogP contribution in [-0.4, -0.2) is 34.9 Å². The van der Waals surface area contributed by atoms with E-state index in [0.717, 1.165) is 23.1 Å². The highest BCUT2D eigenvalue weighted by Crippen LogP contribution is 2.43. The zero-order valence-corrected chi connectivity index (χ0v) is 23.2. The van der Waals surface area contributed by atoms with Gasteiger partial charge in [-0.25, -0.2) is 4.79 Å². The minimum atomic E-state index is -0.730. The van der Waals surface area contributed by atoms with Gasteiger partial charge in [-0.3, -0.25) is 9.59 Å². The number of nitrogens with zero attached hydrogens (tertiary/aromatic N) is 2. The molecule has 0 radical (unpaired) electrons. The highest BCUT2D eigenvalue weighted by atomic mass is 35.5. The molecule has 1 fully saturated rings. The van der Waals surface area contributed by atoms with Crippen LogP contribution in [0.4, 0.5) is 5.00 Å². The quantitative estimate of drug-likeness (QED) is 0.258. The second-order valence-corrected chi connectivity index (χ2v) is 10.6. The molecule has 1 aliphatic carbocycles. The summed E-state index contributed by atoms with van der Waals surface area (Å²) in [5.74, 6) is -0.188. The molecule has 1 N–H and O–H groups in total. The van der Waals surface area contributed by atoms with Gasteiger partial charge in [0.25, 0.3) is 5.56 Å². The van der Waals surface area contributed by atoms with Crippen molar-refractivity contribution in [3.63, 3.8) is 0 Å². The van der Waals surface area contributed by atoms with Crippen molar-refractivity contribution >= 4 is 50.6 Å². The van der Waals surface area contributed by atoms with E-state index in [0.29, 0.717) is 46.3 Å². The first-order valence-corrected chi connectivity index (χ1v) is 14.2. The van der Waals surface area contributed by atoms with Crippen LogP contribution in [0.1, 0.15) is 55.6 Å². The third-order valence-electron chi connectivity index (χ3n) is 7.03. The zero-order valence-electron chi connectivity index (χ0n) is 21.7. The summed E-state index contributed by atoms with van der Waals surface area (Å²) in [5.41, 5.74) is 0.166. The smallest absolute Gasteiger partial charge is 0.359 e. The first-order valence-electron chi connectivity index (χ1n) is 12.9. The number of rotatable bonds is 8. The minimum Gasteiger partial charge on any atom is -0.494 e. The first kappa shape index (κ1) is 26.9. The fourth-order valence-electron chi connectivity index (χ4n) is 5.13. The van der Waals surface area contributed by atoms with Crippen LogP contribution in [0.15, 0.2) is 58.7 Å². The summed E-state index contributed by atoms with van der Waals surface area (Å²) in [6, 6.07) is 14.2. The molecule has 39 heavy (non-hydrogen) atoms. The van der Waals surface area contributed by atoms with Crippen molar-refractivity contribution < 1.29 is 19.1 Å². The lowest BCUT2D eigenvalue weighted by Crippen LogP contribution is -2.38. The molecule has 0 atom stereocenters. The summed E-state index contributed by atoms with van der Waals surface area (Å²) in [6.07, 6.45) is 3.22. The molecule has 4 aromatic rings. The number of benzene rings is 2. The van der Waals surface area contributed by atoms with E-state index in [9.17, 15) is 14.4 Å². The third kappa shape index (κ3) is 5.04. The molecule has 0 bridgehead atoms. The Morgan fingerprint density at radius 3 is 2.38 bits per heavy atom. The van der Waals surface area contributed by atoms with Crippen molar-refractivity contribution in [1.29, 1.82) is 0 Å². The van der Waals surface area contributed by atoms with Gasteiger partial charge < -0.3 is 14.8 Å². The zero-order chi connectivity index (χ0) is 27.6. The number of carbonyl (C=O) groups is 2. The summed E-state index contributed by atoms with van der Waals surface area (Å²) in [7, 11) is 0. The molecule has 1 saturated carbocycles. The van der Waals surface area contributed by atoms with Crippen molar-refractivity contribution in [2.45, 2.75) is 44.9 Å². The van der Waals surface area contributed by atoms with Gasteiger partial charge in [0.1, 0.15) is 10.8 Å². The van der Waals surface area contributed by atoms with Gasteiger partial charge in [-0.1, -0.05) is 36.6 Å². The molecular weight excluding hydrogens is 538 g/mol. The summed E-state index contributed by atoms with van der Waals surface area (Å²) in [6.45, 7) is 4.25. The van der Waals surface area contributed by atoms with E-state index in [1.165, 1.54) is 11.3 Å². The van der Waals surface area contributed by atoms with E-state index < -0.39 is 16.9 Å². The lowest BCUT2D eigenvalue weighted by molar-refractivity contribution is -0.121. The standard InChI is InChI=1S/C29H28ClN3O5S/c1-3-37-21-13-11-20(12-14-21)33-26(34)23-22(24(32-33)27(35)38-4-2)17-39-25(23)31-28(36)29(15-5-6-16-29)18-7-9-19(30)10-8-18/h7-14,17H,3-6,15-16H2,1-2H3,(H,31,36). The minimum absolute atomic E-state index is 0.00497. The fourth-order valence-corrected chi connectivity index (χ4v) is 6.19. The van der Waals surface area contributed by atoms with E-state index in [1.807, 2.05) is 19.1 Å². The molecule has 2 aromatic carbocycles. The second kappa shape index (κ2) is 11.2. The number of ether oxygens (including phenoxy) is 2. The van der Waals surface area contributed by atoms with Gasteiger partial charge in [0.05, 0.1) is 29.7 Å². The van der Waals surface area contributed by atoms with Crippen LogP contribution in [0.2, 0.25) is 5.02 Å². The number of hydrogen-bond acceptors (Lipinski definition) is 7. The Balaban J connectivity index is 1.61. The number of aromatic nitrogens is 2. The van der Waals surface area contributed by atoms with Crippen LogP contribution in [0.25, 0.3) is 16.5 Å². The predicted octanol–water partition coefficient (Wildman–Crippen LogP) is 6.13. The molecular formula is C29H28ClN3O5S. The molecule has 0 aliphatic heterocycles. The van der Waals surface area contributed by atoms with Gasteiger partial charge >= 0.3 is 5.97 Å². The summed E-state index contributed by atoms with van der Waals surface area (Å²) >= 11 is 7.30. The lowest BCUT2D eigenvalue weighted by Gasteiger charge is -2.28. The fraction of sp³-hybridized carbons (Fsp3) is 0.310.